The molecule has 6 aromatic carbocycles. The molecule has 0 spiro atoms. The lowest BCUT2D eigenvalue weighted by molar-refractivity contribution is -0.331. The van der Waals surface area contributed by atoms with Gasteiger partial charge in [0.25, 0.3) is 0 Å². The number of hydrogen-bond donors (Lipinski definition) is 18. The van der Waals surface area contributed by atoms with E-state index < -0.39 is 228 Å². The zero-order chi connectivity index (χ0) is 92.0. The number of fused-ring (bicyclic) bond motifs is 8. The molecule has 2 fully saturated rings. The van der Waals surface area contributed by atoms with E-state index in [1.807, 2.05) is 0 Å². The summed E-state index contributed by atoms with van der Waals surface area (Å²) in [7, 11) is 1.31. The number of aliphatic hydroxyl groups is 5. The monoisotopic (exact) mass is 1810 g/mol. The minimum Gasteiger partial charge on any atom is -0.508 e. The Labute approximate surface area is 738 Å². The van der Waals surface area contributed by atoms with Gasteiger partial charge in [-0.2, -0.15) is 0 Å². The third-order valence-corrected chi connectivity index (χ3v) is 22.2. The number of phenols is 4. The summed E-state index contributed by atoms with van der Waals surface area (Å²) >= 11 is 20.8. The van der Waals surface area contributed by atoms with Crippen molar-refractivity contribution in [3.63, 3.8) is 0 Å². The molecule has 5 heterocycles. The standard InChI is InChI=1S/C86H101Cl3N10O27/c1-10-21-118-38-55-49-31-48(100)32-59(103)67(49)50-26-42(13-17-58(50)102)68-81(114)97-69(82(115)95-55)71(106)44-15-20-61(53(89)28-44)123-63-30-45(40(6)78(111)96-68)29-62(122-60-19-14-43(27-52(60)88)70(105)51(79(112)94-54(77(91)110)33-65(90)104)36-93-80(113)56(24-39(4)5)99(9)85(117)120-23-12-3)74(63)126-83-75(125-66-34-86(8,76(109)41(7)121-66)98-84(116)119-22-11-2)73(108)72(107)64(124-83)37-92-35-46-25-47(87)16-18-57(46)101/h10-20,25-32,39-41,51,54-56,64,66,68-73,75-76,83,92,100-103,105-109H,1-3,21-24,33-38H2,4-9H3,(H2,90,104)(H2,91,110)(H,93,113)(H,94,112)(H,95,115)(H,96,111)(H,97,114)(H,98,116)/t40?,41?,51?,54?,55?,56-,64?,66?,68+,69?,70?,71+,72?,73?,75?,76?,83?,86?/m0/s1. The van der Waals surface area contributed by atoms with Crippen molar-refractivity contribution in [3.8, 4) is 62.9 Å². The quantitative estimate of drug-likeness (QED) is 0.0169. The lowest BCUT2D eigenvalue weighted by atomic mass is 9.85. The Hall–Kier alpha value is -11.6. The van der Waals surface area contributed by atoms with E-state index in [1.54, 1.807) is 13.8 Å². The fraction of sp³-hybridized carbons (Fsp3) is 0.407. The third kappa shape index (κ3) is 23.4. The number of amides is 9. The molecule has 5 aliphatic rings. The van der Waals surface area contributed by atoms with Crippen LogP contribution >= 0.6 is 34.8 Å². The van der Waals surface area contributed by atoms with Gasteiger partial charge in [0.05, 0.1) is 65.3 Å². The van der Waals surface area contributed by atoms with E-state index >= 15 is 14.4 Å². The number of phenolic OH excluding ortho intramolecular Hbond substituents is 4. The second-order valence-electron chi connectivity index (χ2n) is 31.2. The van der Waals surface area contributed by atoms with Gasteiger partial charge in [0, 0.05) is 60.9 Å². The molecular weight excluding hydrogens is 1710 g/mol. The molecule has 8 bridgehead atoms. The molecule has 11 rings (SSSR count). The molecule has 678 valence electrons. The fourth-order valence-corrected chi connectivity index (χ4v) is 15.3. The molecule has 0 aromatic heterocycles. The molecular formula is C86H101Cl3N10O27. The molecule has 15 unspecified atom stereocenters. The number of halogens is 3. The van der Waals surface area contributed by atoms with Crippen molar-refractivity contribution in [1.29, 1.82) is 0 Å². The zero-order valence-corrected chi connectivity index (χ0v) is 71.4. The number of alkyl carbamates (subject to hydrolysis) is 1. The normalized spacial score (nSPS) is 23.8. The Morgan fingerprint density at radius 3 is 2.13 bits per heavy atom. The first-order chi connectivity index (χ1) is 59.7. The molecule has 5 aliphatic heterocycles. The predicted molar refractivity (Wildman–Crippen MR) is 452 cm³/mol. The van der Waals surface area contributed by atoms with Crippen molar-refractivity contribution in [2.75, 3.05) is 46.6 Å². The van der Waals surface area contributed by atoms with Gasteiger partial charge in [-0.3, -0.25) is 38.5 Å². The van der Waals surface area contributed by atoms with Gasteiger partial charge >= 0.3 is 12.2 Å². The van der Waals surface area contributed by atoms with Crippen molar-refractivity contribution in [2.24, 2.45) is 23.3 Å². The van der Waals surface area contributed by atoms with Crippen molar-refractivity contribution in [2.45, 2.75) is 164 Å². The average molecular weight is 1810 g/mol. The van der Waals surface area contributed by atoms with Crippen molar-refractivity contribution in [1.82, 2.24) is 42.1 Å². The summed E-state index contributed by atoms with van der Waals surface area (Å²) in [6.07, 6.45) is -16.8. The highest BCUT2D eigenvalue weighted by atomic mass is 35.5. The number of nitrogens with two attached hydrogens (primary N) is 2. The Bertz CT molecular complexity index is 5070. The highest BCUT2D eigenvalue weighted by Crippen LogP contribution is 2.50. The maximum Gasteiger partial charge on any atom is 0.410 e. The largest absolute Gasteiger partial charge is 0.508 e. The van der Waals surface area contributed by atoms with Gasteiger partial charge < -0.3 is 137 Å². The van der Waals surface area contributed by atoms with Gasteiger partial charge in [-0.1, -0.05) is 98.2 Å². The number of aliphatic hydroxyl groups excluding tert-OH is 5. The van der Waals surface area contributed by atoms with Gasteiger partial charge in [-0.05, 0) is 134 Å². The molecule has 0 radical (unpaired) electrons. The van der Waals surface area contributed by atoms with E-state index in [4.69, 9.17) is 88.9 Å². The minimum atomic E-state index is -2.08. The maximum absolute atomic E-state index is 15.6. The van der Waals surface area contributed by atoms with Crippen LogP contribution in [0.3, 0.4) is 0 Å². The average Bonchev–Trinajstić information content (AvgIpc) is 0.768. The number of carbonyl (C=O) groups excluding carboxylic acids is 9. The highest BCUT2D eigenvalue weighted by molar-refractivity contribution is 6.32. The molecule has 9 amide bonds. The van der Waals surface area contributed by atoms with Crippen LogP contribution in [0.4, 0.5) is 9.59 Å². The van der Waals surface area contributed by atoms with E-state index in [1.165, 1.54) is 125 Å². The summed E-state index contributed by atoms with van der Waals surface area (Å²) in [5.41, 5.74) is 8.74. The van der Waals surface area contributed by atoms with Crippen LogP contribution in [0.2, 0.25) is 15.1 Å². The van der Waals surface area contributed by atoms with E-state index in [-0.39, 0.29) is 111 Å². The van der Waals surface area contributed by atoms with Crippen LogP contribution < -0.4 is 62.9 Å². The van der Waals surface area contributed by atoms with Gasteiger partial charge in [0.1, 0.15) is 102 Å². The van der Waals surface area contributed by atoms with E-state index in [9.17, 15) is 74.7 Å². The molecule has 20 N–H and O–H groups in total. The SMILES string of the molecule is C=CCOCC1NC(=O)C2NC(=O)[C@H](NC(=O)C(C)c3cc(Oc4ccc(C(O)C(CNC(=O)[C@H](CC(C)C)N(C)C(=O)OCC=C)C(=O)NC(CC(N)=O)C(N)=O)cc4Cl)c(OC4OC(CNCc5cc(Cl)ccc5O)C(O)C(O)C4OC4CC(C)(NC(=O)OCC=C)C(O)C(C)O4)c(c3)Oc3ccc(cc3Cl)[C@H]2O)c2ccc(O)c(c2)-c2c(O)cc(O)cc21. The van der Waals surface area contributed by atoms with Crippen LogP contribution in [0.5, 0.6) is 51.7 Å². The highest BCUT2D eigenvalue weighted by Gasteiger charge is 2.53. The Kier molecular flexibility index (Phi) is 32.7. The number of ether oxygens (including phenoxy) is 9. The molecule has 126 heavy (non-hydrogen) atoms. The van der Waals surface area contributed by atoms with Crippen molar-refractivity contribution in [3.05, 3.63) is 183 Å². The zero-order valence-electron chi connectivity index (χ0n) is 69.2. The van der Waals surface area contributed by atoms with Crippen LogP contribution in [0.25, 0.3) is 11.1 Å². The second-order valence-corrected chi connectivity index (χ2v) is 32.4. The van der Waals surface area contributed by atoms with E-state index in [2.05, 4.69) is 57.0 Å². The number of aromatic hydroxyl groups is 4. The maximum atomic E-state index is 15.6. The topological polar surface area (TPSA) is 558 Å². The first-order valence-corrected chi connectivity index (χ1v) is 40.9. The molecule has 2 saturated heterocycles. The summed E-state index contributed by atoms with van der Waals surface area (Å²) in [5, 5.41) is 125. The number of benzene rings is 6. The number of rotatable bonds is 32. The van der Waals surface area contributed by atoms with Gasteiger partial charge in [-0.25, -0.2) is 9.59 Å². The number of primary amides is 2. The summed E-state index contributed by atoms with van der Waals surface area (Å²) < 4.78 is 56.3. The Morgan fingerprint density at radius 1 is 0.738 bits per heavy atom. The first-order valence-electron chi connectivity index (χ1n) is 39.8. The van der Waals surface area contributed by atoms with Crippen LogP contribution in [0.15, 0.2) is 135 Å². The van der Waals surface area contributed by atoms with E-state index in [0.29, 0.717) is 5.56 Å². The minimum absolute atomic E-state index is 0.0337. The second kappa shape index (κ2) is 42.6. The molecule has 0 saturated carbocycles. The number of hydrogen-bond acceptors (Lipinski definition) is 28. The van der Waals surface area contributed by atoms with E-state index in [0.717, 1.165) is 23.1 Å². The summed E-state index contributed by atoms with van der Waals surface area (Å²) in [5.74, 6) is -15.2. The van der Waals surface area contributed by atoms with Crippen LogP contribution in [0, 0.1) is 11.8 Å². The number of nitrogens with zero attached hydrogens (tertiary/aromatic N) is 1. The fourth-order valence-electron chi connectivity index (χ4n) is 14.7. The van der Waals surface area contributed by atoms with Gasteiger partial charge in [0.2, 0.25) is 53.4 Å². The van der Waals surface area contributed by atoms with Crippen LogP contribution in [0.1, 0.15) is 117 Å². The van der Waals surface area contributed by atoms with Crippen molar-refractivity contribution < 1.29 is 132 Å². The Morgan fingerprint density at radius 2 is 1.44 bits per heavy atom. The molecule has 40 heteroatoms. The predicted octanol–water partition coefficient (Wildman–Crippen LogP) is 6.03. The molecule has 37 nitrogen and oxygen atoms in total. The lowest BCUT2D eigenvalue weighted by Gasteiger charge is -2.48. The van der Waals surface area contributed by atoms with Crippen LogP contribution in [-0.2, 0) is 68.5 Å². The first kappa shape index (κ1) is 96.6. The van der Waals surface area contributed by atoms with Crippen molar-refractivity contribution >= 4 is 88.3 Å². The van der Waals surface area contributed by atoms with Gasteiger partial charge in [0.15, 0.2) is 23.9 Å². The smallest absolute Gasteiger partial charge is 0.410 e. The Balaban J connectivity index is 1.16. The van der Waals surface area contributed by atoms with Crippen LogP contribution in [-0.4, -0.2) is 224 Å². The number of likely N-dealkylation sites (N-methyl/N-ethyl adjacent to an activating group) is 1. The third-order valence-electron chi connectivity index (χ3n) is 21.4. The summed E-state index contributed by atoms with van der Waals surface area (Å²) in [6, 6.07) is 11.5. The number of carbonyl (C=O) groups is 9. The molecule has 0 aliphatic carbocycles. The molecule has 6 aromatic rings. The van der Waals surface area contributed by atoms with Gasteiger partial charge in [-0.15, -0.1) is 6.58 Å². The lowest BCUT2D eigenvalue weighted by Crippen LogP contribution is -2.66. The summed E-state index contributed by atoms with van der Waals surface area (Å²) in [4.78, 5) is 127. The number of nitrogens with one attached hydrogen (secondary N) is 7. The molecule has 18 atom stereocenters. The summed E-state index contributed by atoms with van der Waals surface area (Å²) in [6.45, 7) is 16.5.